The van der Waals surface area contributed by atoms with E-state index in [4.69, 9.17) is 32.4 Å². The van der Waals surface area contributed by atoms with Gasteiger partial charge in [0.05, 0.1) is 28.2 Å². The van der Waals surface area contributed by atoms with Crippen molar-refractivity contribution in [2.45, 2.75) is 12.8 Å². The summed E-state index contributed by atoms with van der Waals surface area (Å²) < 4.78 is 11.1. The molecule has 4 aromatic rings. The third-order valence-electron chi connectivity index (χ3n) is 4.81. The number of halogens is 2. The minimum atomic E-state index is -0.700. The van der Waals surface area contributed by atoms with Crippen LogP contribution < -0.4 is 9.64 Å². The molecular formula is C23H17Cl2N3O4. The van der Waals surface area contributed by atoms with Crippen molar-refractivity contribution in [3.05, 3.63) is 82.6 Å². The van der Waals surface area contributed by atoms with Crippen LogP contribution in [0.2, 0.25) is 10.0 Å². The molecule has 0 bridgehead atoms. The number of ether oxygens (including phenoxy) is 1. The number of imide groups is 1. The van der Waals surface area contributed by atoms with Crippen LogP contribution in [0.4, 0.5) is 5.69 Å². The molecular weight excluding hydrogens is 453 g/mol. The molecule has 3 aromatic heterocycles. The van der Waals surface area contributed by atoms with Crippen LogP contribution in [0.5, 0.6) is 5.75 Å². The maximum absolute atomic E-state index is 13.5. The van der Waals surface area contributed by atoms with E-state index >= 15 is 0 Å². The standard InChI is InChI=1S/C23H17Cl2N3O4/c1-31-18-5-2-6-19-15(18)10-20(32-19)23(30)28(22-16(24)12-27-13-17(22)25)21(29)8-7-14-4-3-9-26-11-14/h2-6,9-13H,7-8H2,1H3. The molecule has 0 aliphatic rings. The second kappa shape index (κ2) is 9.38. The van der Waals surface area contributed by atoms with Crippen LogP contribution in [0.15, 0.2) is 65.6 Å². The number of rotatable bonds is 6. The van der Waals surface area contributed by atoms with E-state index in [2.05, 4.69) is 9.97 Å². The Morgan fingerprint density at radius 2 is 1.84 bits per heavy atom. The molecule has 4 rings (SSSR count). The van der Waals surface area contributed by atoms with Gasteiger partial charge in [-0.1, -0.05) is 35.3 Å². The third-order valence-corrected chi connectivity index (χ3v) is 5.36. The fourth-order valence-corrected chi connectivity index (χ4v) is 3.83. The van der Waals surface area contributed by atoms with Crippen molar-refractivity contribution < 1.29 is 18.7 Å². The van der Waals surface area contributed by atoms with Crippen molar-refractivity contribution in [1.82, 2.24) is 9.97 Å². The quantitative estimate of drug-likeness (QED) is 0.378. The van der Waals surface area contributed by atoms with Gasteiger partial charge in [-0.2, -0.15) is 0 Å². The van der Waals surface area contributed by atoms with E-state index in [9.17, 15) is 9.59 Å². The predicted octanol–water partition coefficient (Wildman–Crippen LogP) is 5.34. The summed E-state index contributed by atoms with van der Waals surface area (Å²) in [5.74, 6) is -0.710. The third kappa shape index (κ3) is 4.30. The van der Waals surface area contributed by atoms with Gasteiger partial charge in [-0.25, -0.2) is 4.90 Å². The van der Waals surface area contributed by atoms with Crippen LogP contribution in [0.1, 0.15) is 22.5 Å². The summed E-state index contributed by atoms with van der Waals surface area (Å²) in [7, 11) is 1.52. The number of carbonyl (C=O) groups is 2. The van der Waals surface area contributed by atoms with Gasteiger partial charge in [-0.3, -0.25) is 19.6 Å². The molecule has 0 spiro atoms. The van der Waals surface area contributed by atoms with E-state index < -0.39 is 11.8 Å². The summed E-state index contributed by atoms with van der Waals surface area (Å²) in [6, 6.07) is 10.4. The van der Waals surface area contributed by atoms with Crippen LogP contribution >= 0.6 is 23.2 Å². The van der Waals surface area contributed by atoms with Crippen molar-refractivity contribution >= 4 is 51.7 Å². The Bertz CT molecular complexity index is 1270. The number of aromatic nitrogens is 2. The lowest BCUT2D eigenvalue weighted by Gasteiger charge is -2.22. The molecule has 0 unspecified atom stereocenters. The topological polar surface area (TPSA) is 85.5 Å². The number of hydrogen-bond donors (Lipinski definition) is 0. The Kier molecular flexibility index (Phi) is 6.39. The monoisotopic (exact) mass is 469 g/mol. The van der Waals surface area contributed by atoms with Crippen molar-refractivity contribution in [2.75, 3.05) is 12.0 Å². The first-order chi connectivity index (χ1) is 15.5. The molecule has 0 aliphatic carbocycles. The normalized spacial score (nSPS) is 10.8. The van der Waals surface area contributed by atoms with Gasteiger partial charge in [-0.05, 0) is 30.2 Å². The van der Waals surface area contributed by atoms with Gasteiger partial charge >= 0.3 is 5.91 Å². The van der Waals surface area contributed by atoms with Gasteiger partial charge in [0.25, 0.3) is 0 Å². The number of anilines is 1. The molecule has 32 heavy (non-hydrogen) atoms. The maximum Gasteiger partial charge on any atom is 0.300 e. The summed E-state index contributed by atoms with van der Waals surface area (Å²) in [6.07, 6.45) is 6.35. The van der Waals surface area contributed by atoms with Gasteiger partial charge in [0, 0.05) is 37.3 Å². The van der Waals surface area contributed by atoms with E-state index in [1.807, 2.05) is 6.07 Å². The van der Waals surface area contributed by atoms with Crippen LogP contribution in [0.25, 0.3) is 11.0 Å². The Labute approximate surface area is 193 Å². The zero-order chi connectivity index (χ0) is 22.7. The Balaban J connectivity index is 1.73. The second-order valence-electron chi connectivity index (χ2n) is 6.83. The molecule has 2 amide bonds. The van der Waals surface area contributed by atoms with Crippen LogP contribution in [-0.4, -0.2) is 28.9 Å². The van der Waals surface area contributed by atoms with Crippen LogP contribution in [0.3, 0.4) is 0 Å². The first kappa shape index (κ1) is 21.8. The average Bonchev–Trinajstić information content (AvgIpc) is 3.25. The lowest BCUT2D eigenvalue weighted by atomic mass is 10.1. The minimum Gasteiger partial charge on any atom is -0.496 e. The Morgan fingerprint density at radius 3 is 2.53 bits per heavy atom. The number of amides is 2. The highest BCUT2D eigenvalue weighted by Gasteiger charge is 2.31. The molecule has 0 saturated carbocycles. The number of benzene rings is 1. The van der Waals surface area contributed by atoms with Crippen molar-refractivity contribution in [2.24, 2.45) is 0 Å². The van der Waals surface area contributed by atoms with E-state index in [0.29, 0.717) is 23.1 Å². The van der Waals surface area contributed by atoms with E-state index in [1.165, 1.54) is 25.6 Å². The molecule has 0 radical (unpaired) electrons. The molecule has 0 saturated heterocycles. The SMILES string of the molecule is COc1cccc2oc(C(=O)N(C(=O)CCc3cccnc3)c3c(Cl)cncc3Cl)cc12. The molecule has 3 heterocycles. The fourth-order valence-electron chi connectivity index (χ4n) is 3.29. The van der Waals surface area contributed by atoms with E-state index in [1.54, 1.807) is 36.7 Å². The average molecular weight is 470 g/mol. The minimum absolute atomic E-state index is 0.0238. The van der Waals surface area contributed by atoms with Gasteiger partial charge < -0.3 is 9.15 Å². The Morgan fingerprint density at radius 1 is 1.06 bits per heavy atom. The molecule has 0 atom stereocenters. The smallest absolute Gasteiger partial charge is 0.300 e. The molecule has 0 aliphatic heterocycles. The lowest BCUT2D eigenvalue weighted by molar-refractivity contribution is -0.118. The highest BCUT2D eigenvalue weighted by molar-refractivity contribution is 6.41. The molecule has 162 valence electrons. The number of furan rings is 1. The first-order valence-corrected chi connectivity index (χ1v) is 10.4. The molecule has 9 heteroatoms. The van der Waals surface area contributed by atoms with Crippen LogP contribution in [0, 0.1) is 0 Å². The molecule has 0 fully saturated rings. The second-order valence-corrected chi connectivity index (χ2v) is 7.64. The first-order valence-electron chi connectivity index (χ1n) is 9.61. The highest BCUT2D eigenvalue weighted by atomic mass is 35.5. The van der Waals surface area contributed by atoms with Crippen LogP contribution in [-0.2, 0) is 11.2 Å². The van der Waals surface area contributed by atoms with Crippen molar-refractivity contribution in [3.8, 4) is 5.75 Å². The van der Waals surface area contributed by atoms with E-state index in [-0.39, 0.29) is 27.9 Å². The number of fused-ring (bicyclic) bond motifs is 1. The summed E-state index contributed by atoms with van der Waals surface area (Å²) in [5, 5.41) is 0.733. The van der Waals surface area contributed by atoms with Crippen molar-refractivity contribution in [3.63, 3.8) is 0 Å². The maximum atomic E-state index is 13.5. The number of nitrogens with zero attached hydrogens (tertiary/aromatic N) is 3. The highest BCUT2D eigenvalue weighted by Crippen LogP contribution is 2.36. The van der Waals surface area contributed by atoms with Gasteiger partial charge in [0.1, 0.15) is 11.3 Å². The molecule has 1 aromatic carbocycles. The predicted molar refractivity (Wildman–Crippen MR) is 121 cm³/mol. The lowest BCUT2D eigenvalue weighted by Crippen LogP contribution is -2.37. The largest absolute Gasteiger partial charge is 0.496 e. The summed E-state index contributed by atoms with van der Waals surface area (Å²) in [6.45, 7) is 0. The fraction of sp³-hybridized carbons (Fsp3) is 0.130. The number of aryl methyl sites for hydroxylation is 1. The number of pyridine rings is 2. The zero-order valence-corrected chi connectivity index (χ0v) is 18.4. The van der Waals surface area contributed by atoms with Crippen molar-refractivity contribution in [1.29, 1.82) is 0 Å². The number of methoxy groups -OCH3 is 1. The molecule has 7 nitrogen and oxygen atoms in total. The Hall–Kier alpha value is -3.42. The zero-order valence-electron chi connectivity index (χ0n) is 16.9. The van der Waals surface area contributed by atoms with Gasteiger partial charge in [-0.15, -0.1) is 0 Å². The van der Waals surface area contributed by atoms with Gasteiger partial charge in [0.15, 0.2) is 5.76 Å². The van der Waals surface area contributed by atoms with E-state index in [0.717, 1.165) is 10.5 Å². The number of hydrogen-bond acceptors (Lipinski definition) is 6. The van der Waals surface area contributed by atoms with Gasteiger partial charge in [0.2, 0.25) is 5.91 Å². The summed E-state index contributed by atoms with van der Waals surface area (Å²) in [5.41, 5.74) is 1.35. The molecule has 0 N–H and O–H groups in total. The summed E-state index contributed by atoms with van der Waals surface area (Å²) in [4.78, 5) is 35.6. The summed E-state index contributed by atoms with van der Waals surface area (Å²) >= 11 is 12.6. The number of carbonyl (C=O) groups excluding carboxylic acids is 2.